The Morgan fingerprint density at radius 1 is 1.22 bits per heavy atom. The third kappa shape index (κ3) is 4.01. The lowest BCUT2D eigenvalue weighted by Gasteiger charge is -2.22. The normalized spacial score (nSPS) is 15.2. The first-order valence-electron chi connectivity index (χ1n) is 9.63. The molecule has 1 fully saturated rings. The monoisotopic (exact) mass is 381 g/mol. The number of amides is 1. The van der Waals surface area contributed by atoms with Gasteiger partial charge in [-0.15, -0.1) is 0 Å². The molecule has 0 unspecified atom stereocenters. The van der Waals surface area contributed by atoms with E-state index >= 15 is 0 Å². The molecule has 0 atom stereocenters. The first kappa shape index (κ1) is 18.1. The highest BCUT2D eigenvalue weighted by atomic mass is 35.5. The van der Waals surface area contributed by atoms with Gasteiger partial charge in [0.25, 0.3) is 5.91 Å². The number of nitrogens with one attached hydrogen (secondary N) is 2. The molecule has 0 bridgehead atoms. The Bertz CT molecular complexity index is 953. The topological polar surface area (TPSA) is 57.8 Å². The van der Waals surface area contributed by atoms with Gasteiger partial charge in [0, 0.05) is 23.0 Å². The van der Waals surface area contributed by atoms with Gasteiger partial charge >= 0.3 is 0 Å². The lowest BCUT2D eigenvalue weighted by atomic mass is 9.95. The standard InChI is InChI=1S/C22H24ClN3O/c1-14-6-5-9-18(23)17(14)13-21-25-19-11-10-15(12-20(19)26-21)22(27)24-16-7-3-2-4-8-16/h5-6,9-12,16H,2-4,7-8,13H2,1H3,(H,24,27)(H,25,26). The number of rotatable bonds is 4. The molecule has 4 rings (SSSR count). The van der Waals surface area contributed by atoms with Crippen molar-refractivity contribution in [2.75, 3.05) is 0 Å². The fourth-order valence-electron chi connectivity index (χ4n) is 3.86. The summed E-state index contributed by atoms with van der Waals surface area (Å²) in [5.41, 5.74) is 4.65. The van der Waals surface area contributed by atoms with Gasteiger partial charge in [-0.2, -0.15) is 0 Å². The van der Waals surface area contributed by atoms with Crippen LogP contribution in [0.5, 0.6) is 0 Å². The van der Waals surface area contributed by atoms with Crippen molar-refractivity contribution in [2.45, 2.75) is 51.5 Å². The first-order valence-corrected chi connectivity index (χ1v) is 10.0. The average molecular weight is 382 g/mol. The number of aromatic nitrogens is 2. The Labute approximate surface area is 164 Å². The molecule has 1 amide bonds. The van der Waals surface area contributed by atoms with Crippen molar-refractivity contribution >= 4 is 28.5 Å². The largest absolute Gasteiger partial charge is 0.349 e. The molecule has 1 aromatic heterocycles. The molecule has 4 nitrogen and oxygen atoms in total. The van der Waals surface area contributed by atoms with Gasteiger partial charge < -0.3 is 10.3 Å². The minimum atomic E-state index is 0.00176. The number of fused-ring (bicyclic) bond motifs is 1. The number of nitrogens with zero attached hydrogens (tertiary/aromatic N) is 1. The van der Waals surface area contributed by atoms with Crippen LogP contribution in [0.2, 0.25) is 5.02 Å². The van der Waals surface area contributed by atoms with Crippen LogP contribution in [0, 0.1) is 6.92 Å². The maximum Gasteiger partial charge on any atom is 0.251 e. The van der Waals surface area contributed by atoms with Gasteiger partial charge in [0.15, 0.2) is 0 Å². The third-order valence-corrected chi connectivity index (χ3v) is 5.78. The molecular formula is C22H24ClN3O. The zero-order valence-corrected chi connectivity index (χ0v) is 16.3. The van der Waals surface area contributed by atoms with Crippen molar-refractivity contribution in [1.82, 2.24) is 15.3 Å². The number of imidazole rings is 1. The summed E-state index contributed by atoms with van der Waals surface area (Å²) in [6, 6.07) is 11.9. The number of aromatic amines is 1. The average Bonchev–Trinajstić information content (AvgIpc) is 3.07. The number of carbonyl (C=O) groups excluding carboxylic acids is 1. The summed E-state index contributed by atoms with van der Waals surface area (Å²) >= 11 is 6.34. The molecule has 1 heterocycles. The molecule has 1 aliphatic rings. The second-order valence-electron chi connectivity index (χ2n) is 7.44. The van der Waals surface area contributed by atoms with Crippen LogP contribution in [0.3, 0.4) is 0 Å². The Morgan fingerprint density at radius 2 is 2.04 bits per heavy atom. The molecule has 0 saturated heterocycles. The van der Waals surface area contributed by atoms with E-state index in [2.05, 4.69) is 28.3 Å². The quantitative estimate of drug-likeness (QED) is 0.654. The van der Waals surface area contributed by atoms with Crippen LogP contribution >= 0.6 is 11.6 Å². The molecule has 0 radical (unpaired) electrons. The van der Waals surface area contributed by atoms with E-state index in [9.17, 15) is 4.79 Å². The van der Waals surface area contributed by atoms with Gasteiger partial charge in [0.05, 0.1) is 11.0 Å². The third-order valence-electron chi connectivity index (χ3n) is 5.43. The summed E-state index contributed by atoms with van der Waals surface area (Å²) in [4.78, 5) is 20.6. The molecule has 1 saturated carbocycles. The van der Waals surface area contributed by atoms with Gasteiger partial charge in [-0.05, 0) is 55.2 Å². The molecule has 140 valence electrons. The molecular weight excluding hydrogens is 358 g/mol. The lowest BCUT2D eigenvalue weighted by Crippen LogP contribution is -2.36. The molecule has 5 heteroatoms. The van der Waals surface area contributed by atoms with Crippen LogP contribution in [0.15, 0.2) is 36.4 Å². The predicted molar refractivity (Wildman–Crippen MR) is 109 cm³/mol. The maximum atomic E-state index is 12.6. The number of halogens is 1. The van der Waals surface area contributed by atoms with E-state index in [1.54, 1.807) is 0 Å². The second-order valence-corrected chi connectivity index (χ2v) is 7.84. The fraction of sp³-hybridized carbons (Fsp3) is 0.364. The predicted octanol–water partition coefficient (Wildman–Crippen LogP) is 5.18. The SMILES string of the molecule is Cc1cccc(Cl)c1Cc1nc2ccc(C(=O)NC3CCCCC3)cc2[nH]1. The lowest BCUT2D eigenvalue weighted by molar-refractivity contribution is 0.0928. The number of hydrogen-bond donors (Lipinski definition) is 2. The van der Waals surface area contributed by atoms with Crippen LogP contribution in [0.25, 0.3) is 11.0 Å². The van der Waals surface area contributed by atoms with E-state index in [4.69, 9.17) is 11.6 Å². The van der Waals surface area contributed by atoms with Crippen LogP contribution in [-0.2, 0) is 6.42 Å². The minimum Gasteiger partial charge on any atom is -0.349 e. The molecule has 2 aromatic carbocycles. The van der Waals surface area contributed by atoms with Gasteiger partial charge in [0.1, 0.15) is 5.82 Å². The number of hydrogen-bond acceptors (Lipinski definition) is 2. The van der Waals surface area contributed by atoms with Gasteiger partial charge in [0.2, 0.25) is 0 Å². The number of benzene rings is 2. The first-order chi connectivity index (χ1) is 13.1. The van der Waals surface area contributed by atoms with Crippen LogP contribution in [0.1, 0.15) is 59.4 Å². The van der Waals surface area contributed by atoms with E-state index < -0.39 is 0 Å². The fourth-order valence-corrected chi connectivity index (χ4v) is 4.15. The summed E-state index contributed by atoms with van der Waals surface area (Å²) in [5.74, 6) is 0.855. The zero-order valence-electron chi connectivity index (χ0n) is 15.5. The molecule has 3 aromatic rings. The number of carbonyl (C=O) groups is 1. The second kappa shape index (κ2) is 7.73. The van der Waals surface area contributed by atoms with Gasteiger partial charge in [-0.25, -0.2) is 4.98 Å². The van der Waals surface area contributed by atoms with Crippen molar-refractivity contribution in [3.63, 3.8) is 0 Å². The van der Waals surface area contributed by atoms with Crippen LogP contribution in [-0.4, -0.2) is 21.9 Å². The van der Waals surface area contributed by atoms with Crippen LogP contribution in [0.4, 0.5) is 0 Å². The molecule has 27 heavy (non-hydrogen) atoms. The van der Waals surface area contributed by atoms with Crippen molar-refractivity contribution in [1.29, 1.82) is 0 Å². The van der Waals surface area contributed by atoms with E-state index in [1.807, 2.05) is 30.3 Å². The highest BCUT2D eigenvalue weighted by Crippen LogP contribution is 2.24. The van der Waals surface area contributed by atoms with E-state index in [1.165, 1.54) is 19.3 Å². The summed E-state index contributed by atoms with van der Waals surface area (Å²) in [5, 5.41) is 3.92. The molecule has 0 aliphatic heterocycles. The Morgan fingerprint density at radius 3 is 2.81 bits per heavy atom. The molecule has 2 N–H and O–H groups in total. The van der Waals surface area contributed by atoms with Crippen LogP contribution < -0.4 is 5.32 Å². The molecule has 0 spiro atoms. The van der Waals surface area contributed by atoms with E-state index in [0.29, 0.717) is 18.0 Å². The smallest absolute Gasteiger partial charge is 0.251 e. The summed E-state index contributed by atoms with van der Waals surface area (Å²) in [7, 11) is 0. The Balaban J connectivity index is 1.54. The summed E-state index contributed by atoms with van der Waals surface area (Å²) < 4.78 is 0. The summed E-state index contributed by atoms with van der Waals surface area (Å²) in [6.45, 7) is 2.05. The van der Waals surface area contributed by atoms with E-state index in [0.717, 1.165) is 45.8 Å². The van der Waals surface area contributed by atoms with Gasteiger partial charge in [-0.1, -0.05) is 43.0 Å². The maximum absolute atomic E-state index is 12.6. The zero-order chi connectivity index (χ0) is 18.8. The van der Waals surface area contributed by atoms with Crippen molar-refractivity contribution in [2.24, 2.45) is 0 Å². The number of aryl methyl sites for hydroxylation is 1. The highest BCUT2D eigenvalue weighted by Gasteiger charge is 2.17. The number of H-pyrrole nitrogens is 1. The van der Waals surface area contributed by atoms with Gasteiger partial charge in [-0.3, -0.25) is 4.79 Å². The summed E-state index contributed by atoms with van der Waals surface area (Å²) in [6.07, 6.45) is 6.49. The van der Waals surface area contributed by atoms with E-state index in [-0.39, 0.29) is 5.91 Å². The minimum absolute atomic E-state index is 0.00176. The highest BCUT2D eigenvalue weighted by molar-refractivity contribution is 6.31. The van der Waals surface area contributed by atoms with Crippen molar-refractivity contribution < 1.29 is 4.79 Å². The Hall–Kier alpha value is -2.33. The Kier molecular flexibility index (Phi) is 5.17. The molecule has 1 aliphatic carbocycles. The van der Waals surface area contributed by atoms with Crippen molar-refractivity contribution in [3.8, 4) is 0 Å². The van der Waals surface area contributed by atoms with Crippen molar-refractivity contribution in [3.05, 3.63) is 63.9 Å².